The number of halogens is 2. The van der Waals surface area contributed by atoms with Gasteiger partial charge in [-0.05, 0) is 106 Å². The van der Waals surface area contributed by atoms with Gasteiger partial charge >= 0.3 is 17.9 Å². The number of nitrogens with two attached hydrogens (primary N) is 1. The summed E-state index contributed by atoms with van der Waals surface area (Å²) in [7, 11) is 4.38. The van der Waals surface area contributed by atoms with Gasteiger partial charge in [0.1, 0.15) is 23.8 Å². The summed E-state index contributed by atoms with van der Waals surface area (Å²) in [6, 6.07) is 30.8. The molecule has 4 saturated heterocycles. The molecule has 0 spiro atoms. The standard InChI is InChI=1S/C24H35NO3.C17H24N2O2.C16H22O3.CH2Cl2/c1-24(2,3)16-20(26)12-13-22(17-8-6-5-7-9-17)23(27)28-21-14-18-10-11-19(15-21)25(18)4;1-19-13-7-8-14(19)10-15(9-13)21-17(20)16(11-18)12-5-3-2-4-6-12;1-16(2,3)11-13(17)9-10-14(15(18)19)12-7-5-4-6-8-12;2-1-3/h5-9,18-19,21-22H,10-16H2,1-4H3;2-6,13-16H,7-11,18H2,1H3;4-8,14H,9-11H2,1-3H3,(H,18,19);1H2/t18-,19+,21?,22?;13-,14+,15?,16?;;. The number of benzene rings is 3. The Hall–Kier alpha value is -4.13. The zero-order valence-electron chi connectivity index (χ0n) is 43.7. The highest BCUT2D eigenvalue weighted by molar-refractivity contribution is 6.40. The SMILES string of the molecule is CC(C)(C)CC(=O)CCC(C(=O)O)c1ccccc1.CN1[C@@H]2CC[C@H]1CC(OC(=O)C(CCC(=O)CC(C)(C)C)c1ccccc1)C2.CN1[C@@H]2CC[C@H]1CC(OC(=O)C(CN)c1ccccc1)C2.ClCCl. The molecule has 9 atom stereocenters. The number of carboxylic acid groups (broad SMARTS) is 1. The predicted molar refractivity (Wildman–Crippen MR) is 285 cm³/mol. The lowest BCUT2D eigenvalue weighted by Crippen LogP contribution is -2.44. The number of alkyl halides is 2. The van der Waals surface area contributed by atoms with Gasteiger partial charge in [0, 0.05) is 56.4 Å². The van der Waals surface area contributed by atoms with Crippen LogP contribution in [0.25, 0.3) is 0 Å². The topological polar surface area (TPSA) is 157 Å². The summed E-state index contributed by atoms with van der Waals surface area (Å²) in [6.45, 7) is 12.5. The highest BCUT2D eigenvalue weighted by Crippen LogP contribution is 2.38. The molecule has 392 valence electrons. The van der Waals surface area contributed by atoms with Gasteiger partial charge in [-0.25, -0.2) is 0 Å². The summed E-state index contributed by atoms with van der Waals surface area (Å²) in [4.78, 5) is 65.9. The molecular formula is C58H83Cl2N3O8. The van der Waals surface area contributed by atoms with Crippen LogP contribution in [0, 0.1) is 10.8 Å². The van der Waals surface area contributed by atoms with Crippen molar-refractivity contribution < 1.29 is 38.6 Å². The molecular weight excluding hydrogens is 938 g/mol. The minimum Gasteiger partial charge on any atom is -0.481 e. The second-order valence-corrected chi connectivity index (χ2v) is 23.2. The Labute approximate surface area is 434 Å². The zero-order valence-corrected chi connectivity index (χ0v) is 45.2. The molecule has 4 fully saturated rings. The van der Waals surface area contributed by atoms with Gasteiger partial charge < -0.3 is 30.1 Å². The third-order valence-corrected chi connectivity index (χ3v) is 14.3. The van der Waals surface area contributed by atoms with Crippen molar-refractivity contribution >= 4 is 52.7 Å². The Bertz CT molecular complexity index is 2070. The van der Waals surface area contributed by atoms with Crippen molar-refractivity contribution in [2.24, 2.45) is 16.6 Å². The first-order valence-corrected chi connectivity index (χ1v) is 26.8. The first-order chi connectivity index (χ1) is 33.6. The summed E-state index contributed by atoms with van der Waals surface area (Å²) < 4.78 is 11.8. The van der Waals surface area contributed by atoms with Crippen LogP contribution in [-0.2, 0) is 33.4 Å². The van der Waals surface area contributed by atoms with Crippen LogP contribution in [0.5, 0.6) is 0 Å². The second-order valence-electron chi connectivity index (χ2n) is 22.4. The van der Waals surface area contributed by atoms with E-state index >= 15 is 0 Å². The van der Waals surface area contributed by atoms with Crippen molar-refractivity contribution in [1.82, 2.24) is 9.80 Å². The van der Waals surface area contributed by atoms with Crippen LogP contribution in [0.4, 0.5) is 0 Å². The average Bonchev–Trinajstić information content (AvgIpc) is 3.61. The fourth-order valence-corrected chi connectivity index (χ4v) is 10.7. The van der Waals surface area contributed by atoms with E-state index in [0.29, 0.717) is 69.2 Å². The van der Waals surface area contributed by atoms with Gasteiger partial charge in [-0.3, -0.25) is 24.0 Å². The van der Waals surface area contributed by atoms with Crippen molar-refractivity contribution in [3.63, 3.8) is 0 Å². The molecule has 3 N–H and O–H groups in total. The van der Waals surface area contributed by atoms with Crippen molar-refractivity contribution in [2.75, 3.05) is 26.0 Å². The van der Waals surface area contributed by atoms with Gasteiger partial charge in [0.05, 0.1) is 23.1 Å². The molecule has 4 heterocycles. The number of aliphatic carboxylic acids is 1. The van der Waals surface area contributed by atoms with E-state index in [1.807, 2.05) is 99.6 Å². The second kappa shape index (κ2) is 28.9. The summed E-state index contributed by atoms with van der Waals surface area (Å²) >= 11 is 9.53. The summed E-state index contributed by atoms with van der Waals surface area (Å²) in [5.41, 5.74) is 8.39. The molecule has 3 aromatic rings. The average molecular weight is 1020 g/mol. The highest BCUT2D eigenvalue weighted by Gasteiger charge is 2.42. The van der Waals surface area contributed by atoms with E-state index in [1.165, 1.54) is 25.7 Å². The van der Waals surface area contributed by atoms with Crippen molar-refractivity contribution in [3.8, 4) is 0 Å². The Kier molecular flexibility index (Phi) is 24.2. The quantitative estimate of drug-likeness (QED) is 0.0980. The highest BCUT2D eigenvalue weighted by atomic mass is 35.5. The van der Waals surface area contributed by atoms with E-state index in [4.69, 9.17) is 38.4 Å². The van der Waals surface area contributed by atoms with Gasteiger partial charge in [0.25, 0.3) is 0 Å². The largest absolute Gasteiger partial charge is 0.481 e. The van der Waals surface area contributed by atoms with E-state index in [1.54, 1.807) is 12.1 Å². The number of ether oxygens (including phenoxy) is 2. The number of nitrogens with zero attached hydrogens (tertiary/aromatic N) is 2. The summed E-state index contributed by atoms with van der Waals surface area (Å²) in [5.74, 6) is -2.14. The van der Waals surface area contributed by atoms with Gasteiger partial charge in [-0.2, -0.15) is 0 Å². The smallest absolute Gasteiger partial charge is 0.314 e. The summed E-state index contributed by atoms with van der Waals surface area (Å²) in [6.07, 6.45) is 11.4. The Morgan fingerprint density at radius 3 is 1.17 bits per heavy atom. The molecule has 0 amide bonds. The molecule has 13 heteroatoms. The zero-order chi connectivity index (χ0) is 52.3. The van der Waals surface area contributed by atoms with Gasteiger partial charge in [-0.15, -0.1) is 23.2 Å². The predicted octanol–water partition coefficient (Wildman–Crippen LogP) is 11.7. The molecule has 0 aliphatic carbocycles. The number of hydrogen-bond acceptors (Lipinski definition) is 10. The van der Waals surface area contributed by atoms with Crippen molar-refractivity contribution in [3.05, 3.63) is 108 Å². The van der Waals surface area contributed by atoms with E-state index < -0.39 is 11.9 Å². The maximum Gasteiger partial charge on any atom is 0.314 e. The van der Waals surface area contributed by atoms with Crippen LogP contribution < -0.4 is 5.73 Å². The number of Topliss-reactive ketones (excluding diaryl/α,β-unsaturated/α-hetero) is 2. The van der Waals surface area contributed by atoms with Gasteiger partial charge in [0.15, 0.2) is 0 Å². The molecule has 0 radical (unpaired) electrons. The lowest BCUT2D eigenvalue weighted by atomic mass is 9.86. The lowest BCUT2D eigenvalue weighted by molar-refractivity contribution is -0.155. The third-order valence-electron chi connectivity index (χ3n) is 14.3. The maximum absolute atomic E-state index is 13.1. The fraction of sp³-hybridized carbons (Fsp3) is 0.603. The monoisotopic (exact) mass is 1020 g/mol. The van der Waals surface area contributed by atoms with Gasteiger partial charge in [-0.1, -0.05) is 133 Å². The number of ketones is 2. The number of esters is 2. The fourth-order valence-electron chi connectivity index (χ4n) is 10.7. The van der Waals surface area contributed by atoms with Crippen LogP contribution in [-0.4, -0.2) is 107 Å². The molecule has 4 bridgehead atoms. The molecule has 71 heavy (non-hydrogen) atoms. The Morgan fingerprint density at radius 1 is 0.563 bits per heavy atom. The van der Waals surface area contributed by atoms with E-state index in [-0.39, 0.29) is 63.7 Å². The van der Waals surface area contributed by atoms with Gasteiger partial charge in [0.2, 0.25) is 0 Å². The first-order valence-electron chi connectivity index (χ1n) is 25.7. The van der Waals surface area contributed by atoms with Crippen LogP contribution in [0.15, 0.2) is 91.0 Å². The van der Waals surface area contributed by atoms with Crippen LogP contribution in [0.2, 0.25) is 0 Å². The number of hydrogen-bond donors (Lipinski definition) is 2. The first kappa shape index (κ1) is 59.4. The Morgan fingerprint density at radius 2 is 0.859 bits per heavy atom. The van der Waals surface area contributed by atoms with E-state index in [0.717, 1.165) is 42.4 Å². The van der Waals surface area contributed by atoms with E-state index in [2.05, 4.69) is 44.7 Å². The molecule has 3 aromatic carbocycles. The van der Waals surface area contributed by atoms with Crippen molar-refractivity contribution in [1.29, 1.82) is 0 Å². The Balaban J connectivity index is 0.000000230. The van der Waals surface area contributed by atoms with E-state index in [9.17, 15) is 29.1 Å². The lowest BCUT2D eigenvalue weighted by Gasteiger charge is -2.36. The summed E-state index contributed by atoms with van der Waals surface area (Å²) in [5, 5.41) is 9.46. The minimum absolute atomic E-state index is 0.0117. The normalized spacial score (nSPS) is 22.9. The minimum atomic E-state index is -0.866. The van der Waals surface area contributed by atoms with Crippen LogP contribution in [0.1, 0.15) is 166 Å². The third kappa shape index (κ3) is 20.0. The number of carboxylic acids is 1. The van der Waals surface area contributed by atoms with Crippen LogP contribution >= 0.6 is 23.2 Å². The van der Waals surface area contributed by atoms with Crippen molar-refractivity contribution in [2.45, 2.75) is 186 Å². The molecule has 4 aliphatic heterocycles. The molecule has 11 nitrogen and oxygen atoms in total. The molecule has 4 aliphatic rings. The number of carbonyl (C=O) groups excluding carboxylic acids is 4. The maximum atomic E-state index is 13.1. The molecule has 0 saturated carbocycles. The molecule has 0 aromatic heterocycles. The molecule has 5 unspecified atom stereocenters. The number of carbonyl (C=O) groups is 5. The number of piperidine rings is 2. The molecule has 7 rings (SSSR count). The van der Waals surface area contributed by atoms with Crippen LogP contribution in [0.3, 0.4) is 0 Å². The number of rotatable bonds is 17. The number of fused-ring (bicyclic) bond motifs is 4.